The van der Waals surface area contributed by atoms with Crippen molar-refractivity contribution in [2.75, 3.05) is 0 Å². The fourth-order valence-corrected chi connectivity index (χ4v) is 1.98. The summed E-state index contributed by atoms with van der Waals surface area (Å²) in [6, 6.07) is 20.2. The second kappa shape index (κ2) is 7.36. The standard InChI is InChI=1S/C17H17N3S/c1-13(19-20-17(18)21)16(15-10-6-3-7-11-15)12-14-8-4-2-5-9-14/h2-12H,1H3,(H3,18,20,21)/b16-12+,19-13+. The molecule has 0 fully saturated rings. The van der Waals surface area contributed by atoms with Crippen LogP contribution in [0.25, 0.3) is 11.6 Å². The number of hydrogen-bond donors (Lipinski definition) is 2. The largest absolute Gasteiger partial charge is 0.375 e. The van der Waals surface area contributed by atoms with E-state index >= 15 is 0 Å². The zero-order valence-electron chi connectivity index (χ0n) is 11.8. The van der Waals surface area contributed by atoms with Crippen molar-refractivity contribution in [3.05, 3.63) is 71.8 Å². The van der Waals surface area contributed by atoms with Crippen LogP contribution in [0, 0.1) is 0 Å². The third kappa shape index (κ3) is 4.54. The summed E-state index contributed by atoms with van der Waals surface area (Å²) in [6.45, 7) is 1.92. The lowest BCUT2D eigenvalue weighted by Crippen LogP contribution is -2.25. The SMILES string of the molecule is CC(=N\NC(N)=S)/C(=C\c1ccccc1)c1ccccc1. The molecule has 0 atom stereocenters. The van der Waals surface area contributed by atoms with Crippen molar-refractivity contribution in [2.45, 2.75) is 6.92 Å². The molecule has 3 N–H and O–H groups in total. The van der Waals surface area contributed by atoms with Crippen LogP contribution >= 0.6 is 12.2 Å². The molecule has 21 heavy (non-hydrogen) atoms. The van der Waals surface area contributed by atoms with Gasteiger partial charge in [0, 0.05) is 5.57 Å². The molecule has 0 heterocycles. The summed E-state index contributed by atoms with van der Waals surface area (Å²) in [4.78, 5) is 0. The lowest BCUT2D eigenvalue weighted by atomic mass is 9.99. The predicted molar refractivity (Wildman–Crippen MR) is 93.8 cm³/mol. The van der Waals surface area contributed by atoms with E-state index in [9.17, 15) is 0 Å². The van der Waals surface area contributed by atoms with Crippen LogP contribution in [0.3, 0.4) is 0 Å². The Bertz CT molecular complexity index is 661. The van der Waals surface area contributed by atoms with Gasteiger partial charge in [-0.3, -0.25) is 5.43 Å². The lowest BCUT2D eigenvalue weighted by Gasteiger charge is -2.08. The number of nitrogens with two attached hydrogens (primary N) is 1. The molecule has 3 nitrogen and oxygen atoms in total. The van der Waals surface area contributed by atoms with Gasteiger partial charge in [0.1, 0.15) is 0 Å². The topological polar surface area (TPSA) is 50.4 Å². The third-order valence-corrected chi connectivity index (χ3v) is 3.01. The van der Waals surface area contributed by atoms with Gasteiger partial charge in [-0.25, -0.2) is 0 Å². The number of nitrogens with zero attached hydrogens (tertiary/aromatic N) is 1. The van der Waals surface area contributed by atoms with Gasteiger partial charge < -0.3 is 5.73 Å². The minimum Gasteiger partial charge on any atom is -0.375 e. The molecule has 0 aliphatic carbocycles. The van der Waals surface area contributed by atoms with Crippen LogP contribution in [0.15, 0.2) is 65.8 Å². The van der Waals surface area contributed by atoms with Gasteiger partial charge in [0.2, 0.25) is 0 Å². The van der Waals surface area contributed by atoms with Gasteiger partial charge in [-0.05, 0) is 36.3 Å². The number of rotatable bonds is 4. The van der Waals surface area contributed by atoms with Crippen molar-refractivity contribution in [1.29, 1.82) is 0 Å². The molecule has 0 aliphatic heterocycles. The number of nitrogens with one attached hydrogen (secondary N) is 1. The molecule has 0 saturated carbocycles. The van der Waals surface area contributed by atoms with Crippen molar-refractivity contribution in [2.24, 2.45) is 10.8 Å². The molecular weight excluding hydrogens is 278 g/mol. The van der Waals surface area contributed by atoms with E-state index < -0.39 is 0 Å². The zero-order chi connectivity index (χ0) is 15.1. The molecule has 0 bridgehead atoms. The number of thiocarbonyl (C=S) groups is 1. The Morgan fingerprint density at radius 1 is 1.05 bits per heavy atom. The molecule has 2 rings (SSSR count). The summed E-state index contributed by atoms with van der Waals surface area (Å²) in [5.74, 6) is 0. The monoisotopic (exact) mass is 295 g/mol. The highest BCUT2D eigenvalue weighted by molar-refractivity contribution is 7.80. The highest BCUT2D eigenvalue weighted by atomic mass is 32.1. The molecule has 106 valence electrons. The van der Waals surface area contributed by atoms with Gasteiger partial charge in [-0.1, -0.05) is 60.7 Å². The van der Waals surface area contributed by atoms with Crippen LogP contribution in [0.5, 0.6) is 0 Å². The smallest absolute Gasteiger partial charge is 0.184 e. The van der Waals surface area contributed by atoms with E-state index in [4.69, 9.17) is 18.0 Å². The first-order valence-corrected chi connectivity index (χ1v) is 7.00. The van der Waals surface area contributed by atoms with Gasteiger partial charge in [-0.15, -0.1) is 0 Å². The van der Waals surface area contributed by atoms with Gasteiger partial charge in [-0.2, -0.15) is 5.10 Å². The van der Waals surface area contributed by atoms with Crippen molar-refractivity contribution >= 4 is 34.7 Å². The van der Waals surface area contributed by atoms with E-state index in [-0.39, 0.29) is 5.11 Å². The van der Waals surface area contributed by atoms with E-state index in [1.165, 1.54) is 0 Å². The van der Waals surface area contributed by atoms with E-state index in [0.29, 0.717) is 0 Å². The average molecular weight is 295 g/mol. The molecule has 0 aromatic heterocycles. The van der Waals surface area contributed by atoms with E-state index in [1.54, 1.807) is 0 Å². The van der Waals surface area contributed by atoms with Crippen LogP contribution < -0.4 is 11.2 Å². The number of allylic oxidation sites excluding steroid dienone is 1. The highest BCUT2D eigenvalue weighted by Crippen LogP contribution is 2.19. The summed E-state index contributed by atoms with van der Waals surface area (Å²) < 4.78 is 0. The Hall–Kier alpha value is -2.46. The first kappa shape index (κ1) is 14.9. The number of hydrogen-bond acceptors (Lipinski definition) is 2. The van der Waals surface area contributed by atoms with Crippen molar-refractivity contribution < 1.29 is 0 Å². The molecule has 0 aliphatic rings. The maximum absolute atomic E-state index is 5.43. The van der Waals surface area contributed by atoms with Crippen LogP contribution in [0.1, 0.15) is 18.1 Å². The minimum atomic E-state index is 0.154. The first-order valence-electron chi connectivity index (χ1n) is 6.59. The van der Waals surface area contributed by atoms with Gasteiger partial charge in [0.15, 0.2) is 5.11 Å². The Balaban J connectivity index is 2.43. The molecule has 2 aromatic rings. The molecule has 0 amide bonds. The first-order chi connectivity index (χ1) is 10.2. The molecule has 4 heteroatoms. The van der Waals surface area contributed by atoms with Crippen molar-refractivity contribution in [3.63, 3.8) is 0 Å². The quantitative estimate of drug-likeness (QED) is 0.393. The average Bonchev–Trinajstić information content (AvgIpc) is 2.52. The fraction of sp³-hybridized carbons (Fsp3) is 0.0588. The van der Waals surface area contributed by atoms with Gasteiger partial charge in [0.05, 0.1) is 5.71 Å². The molecule has 2 aromatic carbocycles. The molecule has 0 radical (unpaired) electrons. The fourth-order valence-electron chi connectivity index (χ4n) is 1.93. The van der Waals surface area contributed by atoms with Crippen LogP contribution in [-0.2, 0) is 0 Å². The Kier molecular flexibility index (Phi) is 5.23. The van der Waals surface area contributed by atoms with Crippen LogP contribution in [0.2, 0.25) is 0 Å². The minimum absolute atomic E-state index is 0.154. The Labute approximate surface area is 130 Å². The maximum atomic E-state index is 5.43. The predicted octanol–water partition coefficient (Wildman–Crippen LogP) is 3.44. The lowest BCUT2D eigenvalue weighted by molar-refractivity contribution is 1.03. The van der Waals surface area contributed by atoms with E-state index in [0.717, 1.165) is 22.4 Å². The third-order valence-electron chi connectivity index (χ3n) is 2.92. The van der Waals surface area contributed by atoms with E-state index in [2.05, 4.69) is 40.9 Å². The molecule has 0 saturated heterocycles. The normalized spacial score (nSPS) is 12.0. The highest BCUT2D eigenvalue weighted by Gasteiger charge is 2.05. The summed E-state index contributed by atoms with van der Waals surface area (Å²) >= 11 is 4.79. The van der Waals surface area contributed by atoms with Crippen LogP contribution in [0.4, 0.5) is 0 Å². The zero-order valence-corrected chi connectivity index (χ0v) is 12.6. The van der Waals surface area contributed by atoms with Crippen LogP contribution in [-0.4, -0.2) is 10.8 Å². The molecule has 0 spiro atoms. The molecule has 0 unspecified atom stereocenters. The number of benzene rings is 2. The van der Waals surface area contributed by atoms with Gasteiger partial charge >= 0.3 is 0 Å². The summed E-state index contributed by atoms with van der Waals surface area (Å²) in [5, 5.41) is 4.38. The summed E-state index contributed by atoms with van der Waals surface area (Å²) in [6.07, 6.45) is 2.09. The van der Waals surface area contributed by atoms with Gasteiger partial charge in [0.25, 0.3) is 0 Å². The Morgan fingerprint density at radius 3 is 2.19 bits per heavy atom. The summed E-state index contributed by atoms with van der Waals surface area (Å²) in [5.41, 5.74) is 12.1. The van der Waals surface area contributed by atoms with Crippen molar-refractivity contribution in [3.8, 4) is 0 Å². The second-order valence-electron chi connectivity index (χ2n) is 4.51. The van der Waals surface area contributed by atoms with Crippen molar-refractivity contribution in [1.82, 2.24) is 5.43 Å². The van der Waals surface area contributed by atoms with E-state index in [1.807, 2.05) is 43.3 Å². The number of hydrazone groups is 1. The Morgan fingerprint density at radius 2 is 1.62 bits per heavy atom. The second-order valence-corrected chi connectivity index (χ2v) is 4.95. The summed E-state index contributed by atoms with van der Waals surface area (Å²) in [7, 11) is 0. The maximum Gasteiger partial charge on any atom is 0.184 e. The molecular formula is C17H17N3S.